The van der Waals surface area contributed by atoms with Crippen LogP contribution in [0.3, 0.4) is 0 Å². The van der Waals surface area contributed by atoms with E-state index in [2.05, 4.69) is 10.3 Å². The summed E-state index contributed by atoms with van der Waals surface area (Å²) in [5.41, 5.74) is -0.553. The largest absolute Gasteiger partial charge is 0.467 e. The molecule has 0 aliphatic carbocycles. The molecule has 0 spiro atoms. The number of methoxy groups -OCH3 is 2. The van der Waals surface area contributed by atoms with Crippen LogP contribution in [0.15, 0.2) is 71.0 Å². The van der Waals surface area contributed by atoms with E-state index in [9.17, 15) is 9.59 Å². The molecule has 7 heteroatoms. The quantitative estimate of drug-likeness (QED) is 0.632. The highest BCUT2D eigenvalue weighted by molar-refractivity contribution is 6.07. The van der Waals surface area contributed by atoms with E-state index in [1.807, 2.05) is 48.5 Å². The number of para-hydroxylation sites is 1. The molecule has 2 aromatic carbocycles. The van der Waals surface area contributed by atoms with Gasteiger partial charge in [0.25, 0.3) is 0 Å². The molecule has 0 saturated heterocycles. The van der Waals surface area contributed by atoms with Crippen molar-refractivity contribution in [3.05, 3.63) is 66.2 Å². The predicted octanol–water partition coefficient (Wildman–Crippen LogP) is 2.70. The van der Waals surface area contributed by atoms with Gasteiger partial charge in [-0.25, -0.2) is 14.6 Å². The van der Waals surface area contributed by atoms with Crippen molar-refractivity contribution in [2.45, 2.75) is 11.6 Å². The lowest BCUT2D eigenvalue weighted by atomic mass is 9.85. The predicted molar refractivity (Wildman–Crippen MR) is 89.7 cm³/mol. The number of carbonyl (C=O) groups is 2. The van der Waals surface area contributed by atoms with Crippen molar-refractivity contribution >= 4 is 17.6 Å². The second-order valence-electron chi connectivity index (χ2n) is 5.43. The third-order valence-corrected chi connectivity index (χ3v) is 4.07. The van der Waals surface area contributed by atoms with Crippen molar-refractivity contribution in [1.82, 2.24) is 0 Å². The van der Waals surface area contributed by atoms with Crippen molar-refractivity contribution in [2.75, 3.05) is 19.2 Å². The molecule has 2 aromatic rings. The Bertz CT molecular complexity index is 776. The smallest absolute Gasteiger partial charge is 0.350 e. The van der Waals surface area contributed by atoms with Crippen LogP contribution >= 0.6 is 0 Å². The molecular formula is C18H17N3O4. The molecule has 1 atom stereocenters. The van der Waals surface area contributed by atoms with Crippen LogP contribution in [0.4, 0.5) is 5.69 Å². The number of hydrogen-bond donors (Lipinski definition) is 0. The van der Waals surface area contributed by atoms with Crippen LogP contribution in [0.5, 0.6) is 0 Å². The topological polar surface area (TPSA) is 80.6 Å². The van der Waals surface area contributed by atoms with E-state index < -0.39 is 23.5 Å². The van der Waals surface area contributed by atoms with Crippen molar-refractivity contribution in [3.63, 3.8) is 0 Å². The monoisotopic (exact) mass is 339 g/mol. The summed E-state index contributed by atoms with van der Waals surface area (Å²) in [4.78, 5) is 25.2. The summed E-state index contributed by atoms with van der Waals surface area (Å²) in [6.45, 7) is 0. The van der Waals surface area contributed by atoms with E-state index in [1.165, 1.54) is 19.2 Å². The highest BCUT2D eigenvalue weighted by Crippen LogP contribution is 2.44. The lowest BCUT2D eigenvalue weighted by Gasteiger charge is -2.31. The van der Waals surface area contributed by atoms with Crippen LogP contribution in [0.1, 0.15) is 11.6 Å². The Morgan fingerprint density at radius 2 is 1.44 bits per heavy atom. The van der Waals surface area contributed by atoms with Gasteiger partial charge in [0.05, 0.1) is 19.9 Å². The summed E-state index contributed by atoms with van der Waals surface area (Å²) in [6, 6.07) is 17.4. The van der Waals surface area contributed by atoms with Gasteiger partial charge in [-0.2, -0.15) is 0 Å². The van der Waals surface area contributed by atoms with Crippen LogP contribution in [0.2, 0.25) is 0 Å². The van der Waals surface area contributed by atoms with Gasteiger partial charge < -0.3 is 9.47 Å². The normalized spacial score (nSPS) is 18.0. The molecule has 128 valence electrons. The molecule has 3 rings (SSSR count). The fourth-order valence-electron chi connectivity index (χ4n) is 2.90. The summed E-state index contributed by atoms with van der Waals surface area (Å²) >= 11 is 0. The summed E-state index contributed by atoms with van der Waals surface area (Å²) in [7, 11) is 2.41. The Morgan fingerprint density at radius 1 is 0.920 bits per heavy atom. The average Bonchev–Trinajstić information content (AvgIpc) is 3.09. The number of esters is 2. The molecule has 1 aliphatic rings. The van der Waals surface area contributed by atoms with Crippen LogP contribution in [0.25, 0.3) is 0 Å². The summed E-state index contributed by atoms with van der Waals surface area (Å²) in [5, 5.41) is 9.67. The zero-order chi connectivity index (χ0) is 17.9. The standard InChI is InChI=1S/C18H17N3O4/c1-24-16(22)18(17(23)25-2)15(13-9-5-3-6-10-13)21(20-19-18)14-11-7-4-8-12-14/h3-12,15H,1-2H3/t15-/m0/s1. The van der Waals surface area contributed by atoms with Crippen LogP contribution in [0, 0.1) is 0 Å². The Labute approximate surface area is 144 Å². The van der Waals surface area contributed by atoms with Crippen molar-refractivity contribution < 1.29 is 19.1 Å². The minimum atomic E-state index is -1.93. The van der Waals surface area contributed by atoms with E-state index in [-0.39, 0.29) is 0 Å². The first kappa shape index (κ1) is 16.6. The van der Waals surface area contributed by atoms with Crippen LogP contribution in [-0.2, 0) is 19.1 Å². The van der Waals surface area contributed by atoms with Gasteiger partial charge in [-0.1, -0.05) is 53.8 Å². The molecule has 1 aliphatic heterocycles. The third kappa shape index (κ3) is 2.63. The number of benzene rings is 2. The van der Waals surface area contributed by atoms with E-state index in [0.29, 0.717) is 11.3 Å². The minimum Gasteiger partial charge on any atom is -0.467 e. The number of nitrogens with zero attached hydrogens (tertiary/aromatic N) is 3. The number of carbonyl (C=O) groups excluding carboxylic acids is 2. The molecule has 0 radical (unpaired) electrons. The molecule has 0 bridgehead atoms. The van der Waals surface area contributed by atoms with E-state index in [0.717, 1.165) is 0 Å². The lowest BCUT2D eigenvalue weighted by molar-refractivity contribution is -0.161. The molecule has 0 aromatic heterocycles. The molecule has 1 heterocycles. The number of rotatable bonds is 4. The average molecular weight is 339 g/mol. The van der Waals surface area contributed by atoms with Crippen molar-refractivity contribution in [3.8, 4) is 0 Å². The molecule has 0 N–H and O–H groups in total. The molecule has 0 saturated carbocycles. The maximum atomic E-state index is 12.6. The fourth-order valence-corrected chi connectivity index (χ4v) is 2.90. The molecule has 0 unspecified atom stereocenters. The number of ether oxygens (including phenoxy) is 2. The Hall–Kier alpha value is -3.22. The third-order valence-electron chi connectivity index (χ3n) is 4.07. The summed E-state index contributed by atoms with van der Waals surface area (Å²) in [6.07, 6.45) is 0. The van der Waals surface area contributed by atoms with Gasteiger partial charge in [-0.3, -0.25) is 0 Å². The fraction of sp³-hybridized carbons (Fsp3) is 0.222. The van der Waals surface area contributed by atoms with Gasteiger partial charge in [0.2, 0.25) is 0 Å². The highest BCUT2D eigenvalue weighted by Gasteiger charge is 2.62. The number of anilines is 1. The Balaban J connectivity index is 2.19. The highest BCUT2D eigenvalue weighted by atomic mass is 16.5. The number of hydrogen-bond acceptors (Lipinski definition) is 7. The first-order valence-corrected chi connectivity index (χ1v) is 7.64. The van der Waals surface area contributed by atoms with Gasteiger partial charge in [-0.15, -0.1) is 5.11 Å². The molecular weight excluding hydrogens is 322 g/mol. The Morgan fingerprint density at radius 3 is 1.96 bits per heavy atom. The lowest BCUT2D eigenvalue weighted by Crippen LogP contribution is -2.52. The molecule has 0 fully saturated rings. The van der Waals surface area contributed by atoms with Gasteiger partial charge in [0.1, 0.15) is 6.04 Å². The van der Waals surface area contributed by atoms with E-state index >= 15 is 0 Å². The molecule has 0 amide bonds. The first-order chi connectivity index (χ1) is 12.1. The summed E-state index contributed by atoms with van der Waals surface area (Å²) < 4.78 is 9.75. The SMILES string of the molecule is COC(=O)C1(C(=O)OC)N=NN(c2ccccc2)[C@H]1c1ccccc1. The van der Waals surface area contributed by atoms with Crippen LogP contribution < -0.4 is 5.01 Å². The van der Waals surface area contributed by atoms with Crippen molar-refractivity contribution in [2.24, 2.45) is 10.3 Å². The van der Waals surface area contributed by atoms with E-state index in [1.54, 1.807) is 12.1 Å². The minimum absolute atomic E-state index is 0.687. The van der Waals surface area contributed by atoms with Gasteiger partial charge in [0.15, 0.2) is 0 Å². The van der Waals surface area contributed by atoms with E-state index in [4.69, 9.17) is 9.47 Å². The van der Waals surface area contributed by atoms with Gasteiger partial charge in [0, 0.05) is 0 Å². The maximum Gasteiger partial charge on any atom is 0.350 e. The van der Waals surface area contributed by atoms with Gasteiger partial charge in [-0.05, 0) is 17.7 Å². The van der Waals surface area contributed by atoms with Crippen LogP contribution in [-0.4, -0.2) is 31.7 Å². The first-order valence-electron chi connectivity index (χ1n) is 7.64. The second-order valence-corrected chi connectivity index (χ2v) is 5.43. The maximum absolute atomic E-state index is 12.6. The van der Waals surface area contributed by atoms with Crippen molar-refractivity contribution in [1.29, 1.82) is 0 Å². The zero-order valence-electron chi connectivity index (χ0n) is 13.8. The zero-order valence-corrected chi connectivity index (χ0v) is 13.8. The molecule has 25 heavy (non-hydrogen) atoms. The second kappa shape index (κ2) is 6.72. The van der Waals surface area contributed by atoms with Gasteiger partial charge >= 0.3 is 17.5 Å². The molecule has 7 nitrogen and oxygen atoms in total. The Kier molecular flexibility index (Phi) is 4.47. The summed E-state index contributed by atoms with van der Waals surface area (Å²) in [5.74, 6) is -1.65.